The van der Waals surface area contributed by atoms with Crippen LogP contribution in [0.2, 0.25) is 0 Å². The van der Waals surface area contributed by atoms with E-state index >= 15 is 0 Å². The van der Waals surface area contributed by atoms with Gasteiger partial charge in [0.25, 0.3) is 0 Å². The number of carbonyl (C=O) groups excluding carboxylic acids is 2. The monoisotopic (exact) mass is 363 g/mol. The van der Waals surface area contributed by atoms with Crippen molar-refractivity contribution in [2.75, 3.05) is 12.3 Å². The van der Waals surface area contributed by atoms with Gasteiger partial charge in [-0.1, -0.05) is 13.8 Å². The Kier molecular flexibility index (Phi) is 6.63. The van der Waals surface area contributed by atoms with Gasteiger partial charge in [0.05, 0.1) is 11.4 Å². The summed E-state index contributed by atoms with van der Waals surface area (Å²) in [5, 5.41) is 37.9. The van der Waals surface area contributed by atoms with E-state index in [0.717, 1.165) is 18.2 Å². The van der Waals surface area contributed by atoms with Crippen molar-refractivity contribution in [2.45, 2.75) is 62.6 Å². The van der Waals surface area contributed by atoms with Crippen molar-refractivity contribution in [1.29, 1.82) is 0 Å². The molecule has 4 N–H and O–H groups in total. The fourth-order valence-corrected chi connectivity index (χ4v) is 3.91. The smallest absolute Gasteiger partial charge is 0.242 e. The molecule has 0 aliphatic carbocycles. The van der Waals surface area contributed by atoms with Crippen LogP contribution < -0.4 is 0 Å². The number of thioether (sulfide) groups is 1. The van der Waals surface area contributed by atoms with E-state index in [1.54, 1.807) is 0 Å². The van der Waals surface area contributed by atoms with Gasteiger partial charge in [-0.2, -0.15) is 0 Å². The van der Waals surface area contributed by atoms with Gasteiger partial charge in [0.1, 0.15) is 18.3 Å². The number of hydrogen-bond acceptors (Lipinski definition) is 8. The van der Waals surface area contributed by atoms with Gasteiger partial charge in [0, 0.05) is 18.7 Å². The predicted molar refractivity (Wildman–Crippen MR) is 85.9 cm³/mol. The predicted octanol–water partition coefficient (Wildman–Crippen LogP) is -1.31. The summed E-state index contributed by atoms with van der Waals surface area (Å²) in [6, 6.07) is 0. The number of rotatable bonds is 6. The Morgan fingerprint density at radius 1 is 1.17 bits per heavy atom. The number of ether oxygens (including phenoxy) is 1. The molecule has 2 aliphatic heterocycles. The highest BCUT2D eigenvalue weighted by Crippen LogP contribution is 2.29. The second kappa shape index (κ2) is 8.11. The Balaban J connectivity index is 1.88. The normalized spacial score (nSPS) is 37.5. The summed E-state index contributed by atoms with van der Waals surface area (Å²) in [6.07, 6.45) is -6.17. The summed E-state index contributed by atoms with van der Waals surface area (Å²) < 4.78 is 5.07. The average Bonchev–Trinajstić information content (AvgIpc) is 2.79. The number of nitrogens with zero attached hydrogens (tertiary/aromatic N) is 1. The first-order valence-corrected chi connectivity index (χ1v) is 9.10. The van der Waals surface area contributed by atoms with Crippen LogP contribution >= 0.6 is 11.8 Å². The third kappa shape index (κ3) is 4.27. The molecule has 2 aliphatic rings. The zero-order valence-corrected chi connectivity index (χ0v) is 14.6. The molecule has 0 saturated carbocycles. The first kappa shape index (κ1) is 19.6. The van der Waals surface area contributed by atoms with Crippen LogP contribution in [0.25, 0.3) is 0 Å². The number of carbonyl (C=O) groups is 2. The number of hydrogen-bond donors (Lipinski definition) is 4. The van der Waals surface area contributed by atoms with Crippen LogP contribution in [-0.2, 0) is 14.3 Å². The Morgan fingerprint density at radius 3 is 2.46 bits per heavy atom. The van der Waals surface area contributed by atoms with Crippen LogP contribution in [-0.4, -0.2) is 85.4 Å². The van der Waals surface area contributed by atoms with E-state index in [-0.39, 0.29) is 24.0 Å². The van der Waals surface area contributed by atoms with Crippen LogP contribution in [0.15, 0.2) is 0 Å². The lowest BCUT2D eigenvalue weighted by Gasteiger charge is -2.38. The number of imide groups is 1. The fourth-order valence-electron chi connectivity index (χ4n) is 2.68. The first-order valence-electron chi connectivity index (χ1n) is 8.06. The van der Waals surface area contributed by atoms with Crippen molar-refractivity contribution in [3.05, 3.63) is 0 Å². The van der Waals surface area contributed by atoms with E-state index in [1.165, 1.54) is 4.90 Å². The third-order valence-electron chi connectivity index (χ3n) is 4.28. The largest absolute Gasteiger partial charge is 0.388 e. The highest BCUT2D eigenvalue weighted by atomic mass is 32.2. The quantitative estimate of drug-likeness (QED) is 0.429. The lowest BCUT2D eigenvalue weighted by molar-refractivity contribution is -0.276. The number of aliphatic hydroxyl groups excluding tert-OH is 4. The molecule has 8 nitrogen and oxygen atoms in total. The minimum Gasteiger partial charge on any atom is -0.388 e. The van der Waals surface area contributed by atoms with Crippen molar-refractivity contribution in [3.63, 3.8) is 0 Å². The molecule has 2 heterocycles. The summed E-state index contributed by atoms with van der Waals surface area (Å²) in [7, 11) is 0. The topological polar surface area (TPSA) is 128 Å². The molecule has 24 heavy (non-hydrogen) atoms. The van der Waals surface area contributed by atoms with Crippen molar-refractivity contribution < 1.29 is 34.8 Å². The molecular formula is C15H25NO7S. The molecule has 0 spiro atoms. The number of aliphatic hydroxyl groups is 4. The standard InChI is InChI=1S/C15H25NO7S/c1-7(2)3-4-16-10(17)5-9(14(16)21)24-6-8-11(18)12(19)13(20)15(22)23-8/h7-9,11-13,15,18-20,22H,3-6H2,1-2H3/t8?,9?,11-,12?,13?,15+/m0/s1. The molecule has 0 aromatic rings. The molecular weight excluding hydrogens is 338 g/mol. The summed E-state index contributed by atoms with van der Waals surface area (Å²) in [5.74, 6) is 0.0392. The maximum absolute atomic E-state index is 12.3. The van der Waals surface area contributed by atoms with Crippen molar-refractivity contribution in [2.24, 2.45) is 5.92 Å². The Hall–Kier alpha value is -0.710. The molecule has 2 amide bonds. The van der Waals surface area contributed by atoms with E-state index in [9.17, 15) is 30.0 Å². The van der Waals surface area contributed by atoms with Gasteiger partial charge in [-0.05, 0) is 12.3 Å². The van der Waals surface area contributed by atoms with Crippen molar-refractivity contribution in [3.8, 4) is 0 Å². The lowest BCUT2D eigenvalue weighted by Crippen LogP contribution is -2.58. The van der Waals surface area contributed by atoms with E-state index in [2.05, 4.69) is 0 Å². The SMILES string of the molecule is CC(C)CCN1C(=O)CC(SCC2O[C@@H](O)C(O)C(O)[C@H]2O)C1=O. The molecule has 9 heteroatoms. The number of likely N-dealkylation sites (tertiary alicyclic amines) is 1. The van der Waals surface area contributed by atoms with Crippen LogP contribution in [0.5, 0.6) is 0 Å². The fraction of sp³-hybridized carbons (Fsp3) is 0.867. The zero-order valence-electron chi connectivity index (χ0n) is 13.7. The van der Waals surface area contributed by atoms with E-state index < -0.39 is 36.0 Å². The van der Waals surface area contributed by atoms with Crippen LogP contribution in [0.4, 0.5) is 0 Å². The molecule has 6 atom stereocenters. The van der Waals surface area contributed by atoms with Gasteiger partial charge in [-0.25, -0.2) is 0 Å². The molecule has 0 bridgehead atoms. The van der Waals surface area contributed by atoms with Crippen LogP contribution in [0, 0.1) is 5.92 Å². The van der Waals surface area contributed by atoms with Gasteiger partial charge < -0.3 is 25.2 Å². The second-order valence-corrected chi connectivity index (χ2v) is 7.86. The Bertz CT molecular complexity index is 475. The van der Waals surface area contributed by atoms with Gasteiger partial charge in [-0.15, -0.1) is 11.8 Å². The molecule has 138 valence electrons. The van der Waals surface area contributed by atoms with Gasteiger partial charge in [0.2, 0.25) is 11.8 Å². The Labute approximate surface area is 144 Å². The van der Waals surface area contributed by atoms with E-state index in [1.807, 2.05) is 13.8 Å². The Morgan fingerprint density at radius 2 is 1.83 bits per heavy atom. The average molecular weight is 363 g/mol. The molecule has 0 aromatic heterocycles. The molecule has 4 unspecified atom stereocenters. The van der Waals surface area contributed by atoms with Crippen LogP contribution in [0.3, 0.4) is 0 Å². The molecule has 0 aromatic carbocycles. The maximum atomic E-state index is 12.3. The summed E-state index contributed by atoms with van der Waals surface area (Å²) >= 11 is 1.15. The number of amides is 2. The van der Waals surface area contributed by atoms with Gasteiger partial charge in [0.15, 0.2) is 6.29 Å². The highest BCUT2D eigenvalue weighted by Gasteiger charge is 2.44. The molecule has 2 fully saturated rings. The third-order valence-corrected chi connectivity index (χ3v) is 5.57. The summed E-state index contributed by atoms with van der Waals surface area (Å²) in [5.41, 5.74) is 0. The zero-order chi connectivity index (χ0) is 18.0. The van der Waals surface area contributed by atoms with E-state index in [0.29, 0.717) is 12.5 Å². The molecule has 2 rings (SSSR count). The van der Waals surface area contributed by atoms with Crippen LogP contribution in [0.1, 0.15) is 26.7 Å². The van der Waals surface area contributed by atoms with Gasteiger partial charge in [-0.3, -0.25) is 14.5 Å². The lowest BCUT2D eigenvalue weighted by atomic mass is 10.0. The van der Waals surface area contributed by atoms with Gasteiger partial charge >= 0.3 is 0 Å². The highest BCUT2D eigenvalue weighted by molar-refractivity contribution is 8.00. The molecule has 2 saturated heterocycles. The summed E-state index contributed by atoms with van der Waals surface area (Å²) in [6.45, 7) is 4.44. The van der Waals surface area contributed by atoms with Crippen molar-refractivity contribution in [1.82, 2.24) is 4.90 Å². The first-order chi connectivity index (χ1) is 11.2. The maximum Gasteiger partial charge on any atom is 0.242 e. The van der Waals surface area contributed by atoms with E-state index in [4.69, 9.17) is 4.74 Å². The summed E-state index contributed by atoms with van der Waals surface area (Å²) in [4.78, 5) is 25.5. The minimum atomic E-state index is -1.60. The molecule has 0 radical (unpaired) electrons. The minimum absolute atomic E-state index is 0.0954. The van der Waals surface area contributed by atoms with Crippen molar-refractivity contribution >= 4 is 23.6 Å². The second-order valence-electron chi connectivity index (χ2n) is 6.63.